The van der Waals surface area contributed by atoms with Gasteiger partial charge < -0.3 is 14.2 Å². The van der Waals surface area contributed by atoms with Crippen molar-refractivity contribution in [3.05, 3.63) is 65.1 Å². The summed E-state index contributed by atoms with van der Waals surface area (Å²) in [5.41, 5.74) is 2.37. The predicted molar refractivity (Wildman–Crippen MR) is 122 cm³/mol. The van der Waals surface area contributed by atoms with Crippen LogP contribution in [0.1, 0.15) is 11.1 Å². The fourth-order valence-electron chi connectivity index (χ4n) is 3.10. The lowest BCUT2D eigenvalue weighted by Gasteiger charge is -2.17. The average Bonchev–Trinajstić information content (AvgIpc) is 3.00. The molecule has 1 fully saturated rings. The van der Waals surface area contributed by atoms with E-state index in [1.165, 1.54) is 16.7 Å². The number of hydrogen-bond acceptors (Lipinski definition) is 6. The van der Waals surface area contributed by atoms with Gasteiger partial charge in [0.15, 0.2) is 15.8 Å². The summed E-state index contributed by atoms with van der Waals surface area (Å²) in [5.74, 6) is 1.65. The number of amides is 1. The van der Waals surface area contributed by atoms with E-state index in [-0.39, 0.29) is 5.91 Å². The van der Waals surface area contributed by atoms with Crippen LogP contribution in [0.3, 0.4) is 0 Å². The number of methoxy groups -OCH3 is 3. The number of ether oxygens (including phenoxy) is 3. The van der Waals surface area contributed by atoms with Gasteiger partial charge in [-0.15, -0.1) is 6.58 Å². The third kappa shape index (κ3) is 4.16. The zero-order valence-electron chi connectivity index (χ0n) is 16.4. The van der Waals surface area contributed by atoms with Crippen LogP contribution in [0.5, 0.6) is 17.2 Å². The number of carbonyl (C=O) groups excluding carboxylic acids is 1. The molecule has 0 bridgehead atoms. The molecule has 2 aromatic rings. The fraction of sp³-hybridized carbons (Fsp3) is 0.182. The van der Waals surface area contributed by atoms with Crippen molar-refractivity contribution in [1.29, 1.82) is 0 Å². The molecule has 7 heteroatoms. The summed E-state index contributed by atoms with van der Waals surface area (Å²) in [4.78, 5) is 15.1. The SMILES string of the molecule is C=CCc1cc(/C=C2\SC(=S)N(c3ccccc3OC)C2=O)cc(OC)c1OC. The molecule has 0 spiro atoms. The number of carbonyl (C=O) groups is 1. The molecule has 2 aromatic carbocycles. The number of rotatable bonds is 7. The Labute approximate surface area is 179 Å². The van der Waals surface area contributed by atoms with Crippen LogP contribution in [-0.4, -0.2) is 31.6 Å². The number of thioether (sulfide) groups is 1. The smallest absolute Gasteiger partial charge is 0.270 e. The van der Waals surface area contributed by atoms with Crippen molar-refractivity contribution in [3.63, 3.8) is 0 Å². The van der Waals surface area contributed by atoms with E-state index in [0.717, 1.165) is 11.1 Å². The van der Waals surface area contributed by atoms with E-state index in [0.29, 0.717) is 38.6 Å². The molecule has 0 atom stereocenters. The molecule has 150 valence electrons. The minimum atomic E-state index is -0.190. The number of para-hydroxylation sites is 2. The summed E-state index contributed by atoms with van der Waals surface area (Å²) in [5, 5.41) is 0. The molecule has 0 unspecified atom stereocenters. The first-order valence-electron chi connectivity index (χ1n) is 8.80. The van der Waals surface area contributed by atoms with Crippen LogP contribution in [-0.2, 0) is 11.2 Å². The molecule has 3 rings (SSSR count). The van der Waals surface area contributed by atoms with Crippen molar-refractivity contribution < 1.29 is 19.0 Å². The molecule has 0 aliphatic carbocycles. The maximum Gasteiger partial charge on any atom is 0.270 e. The zero-order valence-corrected chi connectivity index (χ0v) is 18.1. The molecular formula is C22H21NO4S2. The van der Waals surface area contributed by atoms with Gasteiger partial charge in [-0.3, -0.25) is 9.69 Å². The Kier molecular flexibility index (Phi) is 6.61. The van der Waals surface area contributed by atoms with Gasteiger partial charge in [0.25, 0.3) is 5.91 Å². The second kappa shape index (κ2) is 9.15. The lowest BCUT2D eigenvalue weighted by Crippen LogP contribution is -2.27. The molecule has 29 heavy (non-hydrogen) atoms. The van der Waals surface area contributed by atoms with Crippen LogP contribution < -0.4 is 19.1 Å². The highest BCUT2D eigenvalue weighted by Crippen LogP contribution is 2.41. The maximum absolute atomic E-state index is 13.1. The van der Waals surface area contributed by atoms with Crippen LogP contribution in [0.4, 0.5) is 5.69 Å². The molecule has 1 aliphatic rings. The van der Waals surface area contributed by atoms with E-state index in [4.69, 9.17) is 26.4 Å². The predicted octanol–water partition coefficient (Wildman–Crippen LogP) is 4.85. The van der Waals surface area contributed by atoms with Crippen molar-refractivity contribution in [2.24, 2.45) is 0 Å². The molecule has 1 aliphatic heterocycles. The highest BCUT2D eigenvalue weighted by atomic mass is 32.2. The molecule has 0 N–H and O–H groups in total. The Hall–Kier alpha value is -2.77. The van der Waals surface area contributed by atoms with Crippen molar-refractivity contribution in [2.45, 2.75) is 6.42 Å². The number of thiocarbonyl (C=S) groups is 1. The van der Waals surface area contributed by atoms with Crippen LogP contribution >= 0.6 is 24.0 Å². The maximum atomic E-state index is 13.1. The van der Waals surface area contributed by atoms with E-state index in [9.17, 15) is 4.79 Å². The lowest BCUT2D eigenvalue weighted by atomic mass is 10.0. The van der Waals surface area contributed by atoms with Gasteiger partial charge in [0.1, 0.15) is 5.75 Å². The van der Waals surface area contributed by atoms with E-state index < -0.39 is 0 Å². The third-order valence-electron chi connectivity index (χ3n) is 4.36. The molecular weight excluding hydrogens is 406 g/mol. The summed E-state index contributed by atoms with van der Waals surface area (Å²) in [6.07, 6.45) is 4.22. The first kappa shape index (κ1) is 21.0. The molecule has 1 saturated heterocycles. The van der Waals surface area contributed by atoms with E-state index in [1.807, 2.05) is 36.4 Å². The summed E-state index contributed by atoms with van der Waals surface area (Å²) in [7, 11) is 4.75. The Morgan fingerprint density at radius 3 is 2.48 bits per heavy atom. The van der Waals surface area contributed by atoms with Crippen LogP contribution in [0.15, 0.2) is 54.0 Å². The number of allylic oxidation sites excluding steroid dienone is 1. The van der Waals surface area contributed by atoms with E-state index in [2.05, 4.69) is 6.58 Å². The second-order valence-corrected chi connectivity index (χ2v) is 7.77. The lowest BCUT2D eigenvalue weighted by molar-refractivity contribution is -0.113. The molecule has 0 saturated carbocycles. The van der Waals surface area contributed by atoms with Gasteiger partial charge in [-0.1, -0.05) is 42.2 Å². The quantitative estimate of drug-likeness (QED) is 0.358. The van der Waals surface area contributed by atoms with Gasteiger partial charge in [0.2, 0.25) is 0 Å². The number of anilines is 1. The highest BCUT2D eigenvalue weighted by Gasteiger charge is 2.34. The molecule has 5 nitrogen and oxygen atoms in total. The van der Waals surface area contributed by atoms with Gasteiger partial charge in [-0.05, 0) is 42.3 Å². The van der Waals surface area contributed by atoms with Crippen molar-refractivity contribution >= 4 is 46.0 Å². The van der Waals surface area contributed by atoms with E-state index >= 15 is 0 Å². The normalized spacial score (nSPS) is 15.0. The number of hydrogen-bond donors (Lipinski definition) is 0. The Morgan fingerprint density at radius 1 is 1.10 bits per heavy atom. The van der Waals surface area contributed by atoms with Crippen molar-refractivity contribution in [2.75, 3.05) is 26.2 Å². The number of nitrogens with zero attached hydrogens (tertiary/aromatic N) is 1. The zero-order chi connectivity index (χ0) is 21.0. The average molecular weight is 428 g/mol. The summed E-state index contributed by atoms with van der Waals surface area (Å²) >= 11 is 6.72. The Balaban J connectivity index is 2.01. The monoisotopic (exact) mass is 427 g/mol. The van der Waals surface area contributed by atoms with Gasteiger partial charge >= 0.3 is 0 Å². The Morgan fingerprint density at radius 2 is 1.83 bits per heavy atom. The van der Waals surface area contributed by atoms with Crippen LogP contribution in [0.25, 0.3) is 6.08 Å². The van der Waals surface area contributed by atoms with Gasteiger partial charge in [0.05, 0.1) is 31.9 Å². The van der Waals surface area contributed by atoms with Crippen molar-refractivity contribution in [1.82, 2.24) is 0 Å². The summed E-state index contributed by atoms with van der Waals surface area (Å²) in [6.45, 7) is 3.80. The van der Waals surface area contributed by atoms with Gasteiger partial charge in [0, 0.05) is 5.56 Å². The van der Waals surface area contributed by atoms with Crippen LogP contribution in [0, 0.1) is 0 Å². The third-order valence-corrected chi connectivity index (χ3v) is 5.66. The molecule has 1 heterocycles. The van der Waals surface area contributed by atoms with Gasteiger partial charge in [-0.2, -0.15) is 0 Å². The van der Waals surface area contributed by atoms with Crippen molar-refractivity contribution in [3.8, 4) is 17.2 Å². The minimum Gasteiger partial charge on any atom is -0.495 e. The first-order valence-corrected chi connectivity index (χ1v) is 10.0. The first-order chi connectivity index (χ1) is 14.0. The minimum absolute atomic E-state index is 0.190. The standard InChI is InChI=1S/C22H21NO4S2/c1-5-8-15-11-14(12-18(26-3)20(15)27-4)13-19-21(24)23(22(28)29-19)16-9-6-7-10-17(16)25-2/h5-7,9-13H,1,8H2,2-4H3/b19-13-. The summed E-state index contributed by atoms with van der Waals surface area (Å²) < 4.78 is 16.8. The van der Waals surface area contributed by atoms with Gasteiger partial charge in [-0.25, -0.2) is 0 Å². The molecule has 0 radical (unpaired) electrons. The second-order valence-electron chi connectivity index (χ2n) is 6.10. The topological polar surface area (TPSA) is 48.0 Å². The van der Waals surface area contributed by atoms with Crippen LogP contribution in [0.2, 0.25) is 0 Å². The number of benzene rings is 2. The Bertz CT molecular complexity index is 1000. The highest BCUT2D eigenvalue weighted by molar-refractivity contribution is 8.27. The fourth-order valence-corrected chi connectivity index (χ4v) is 4.38. The largest absolute Gasteiger partial charge is 0.495 e. The van der Waals surface area contributed by atoms with E-state index in [1.54, 1.807) is 33.5 Å². The molecule has 1 amide bonds. The summed E-state index contributed by atoms with van der Waals surface area (Å²) in [6, 6.07) is 11.1. The molecule has 0 aromatic heterocycles.